The van der Waals surface area contributed by atoms with Crippen molar-refractivity contribution in [1.82, 2.24) is 0 Å². The van der Waals surface area contributed by atoms with E-state index in [-0.39, 0.29) is 53.6 Å². The van der Waals surface area contributed by atoms with Gasteiger partial charge >= 0.3 is 29.8 Å². The van der Waals surface area contributed by atoms with Gasteiger partial charge in [0.1, 0.15) is 78.0 Å². The van der Waals surface area contributed by atoms with E-state index in [1.807, 2.05) is 81.5 Å². The first-order chi connectivity index (χ1) is 56.0. The van der Waals surface area contributed by atoms with Crippen LogP contribution in [0.2, 0.25) is 0 Å². The first kappa shape index (κ1) is 105. The zero-order valence-electron chi connectivity index (χ0n) is 71.6. The summed E-state index contributed by atoms with van der Waals surface area (Å²) in [5.41, 5.74) is 11.4. The van der Waals surface area contributed by atoms with Gasteiger partial charge < -0.3 is 66.3 Å². The highest BCUT2D eigenvalue weighted by molar-refractivity contribution is 5.96. The summed E-state index contributed by atoms with van der Waals surface area (Å²) in [5, 5.41) is 46.5. The fourth-order valence-electron chi connectivity index (χ4n) is 12.7. The highest BCUT2D eigenvalue weighted by atomic mass is 16.6. The van der Waals surface area contributed by atoms with E-state index in [2.05, 4.69) is 6.92 Å². The molecule has 0 aromatic carbocycles. The molecule has 0 saturated carbocycles. The maximum atomic E-state index is 12.2. The Morgan fingerprint density at radius 3 is 0.791 bits per heavy atom. The highest BCUT2D eigenvalue weighted by Crippen LogP contribution is 2.33. The zero-order valence-corrected chi connectivity index (χ0v) is 71.6. The van der Waals surface area contributed by atoms with Crippen molar-refractivity contribution in [2.45, 2.75) is 240 Å². The maximum absolute atomic E-state index is 12.2. The van der Waals surface area contributed by atoms with Crippen LogP contribution >= 0.6 is 0 Å². The summed E-state index contributed by atoms with van der Waals surface area (Å²) in [4.78, 5) is 60.1. The standard InChI is InChI=1S/C20H31NO4.C19H29NO5.C18H27NO4.C18H27NO3.C16H23NO3/c1-3-4-12-24-13-14-25-20(22)19(16-21)18-10-7-9-17(15-18)8-5-6-11-23-2;1-22-9-4-3-6-16-7-5-8-17(14-16)18(15-20)19(21)25-13-12-24-11-10-23-2;1-3-22-11-12-23-18(20)17(14-19)16-9-6-8-15(13-16)7-4-5-10-21-2;1-14(2)13-22-18(20)17(12-19)16-9-6-8-15(11-16)7-4-5-10-21-3;1-3-20-16(18)15(12-17)14-9-6-8-13(11-14)7-4-5-10-19-2/h15H,3-14H2,1-2H3;14H,3-13H2,1-2H3;13H,3-12H2,1-2H3;11,14H,4-10,13H2,1-3H3;11H,3-10H2,1-2H3/b19-18-;18-17-;2*17-16-;15-14-. The Morgan fingerprint density at radius 1 is 0.296 bits per heavy atom. The Bertz CT molecular complexity index is 3310. The molecule has 0 spiro atoms. The van der Waals surface area contributed by atoms with Gasteiger partial charge in [0.2, 0.25) is 0 Å². The van der Waals surface area contributed by atoms with E-state index >= 15 is 0 Å². The third kappa shape index (κ3) is 49.5. The fraction of sp³-hybridized carbons (Fsp3) is 0.670. The topological polar surface area (TPSA) is 334 Å². The molecule has 0 N–H and O–H groups in total. The lowest BCUT2D eigenvalue weighted by Gasteiger charge is -2.16. The van der Waals surface area contributed by atoms with Crippen molar-refractivity contribution in [3.63, 3.8) is 0 Å². The molecular weight excluding hydrogens is 1470 g/mol. The number of allylic oxidation sites excluding steroid dienone is 15. The summed E-state index contributed by atoms with van der Waals surface area (Å²) in [5.74, 6) is -2.35. The predicted octanol–water partition coefficient (Wildman–Crippen LogP) is 17.6. The molecule has 5 aliphatic carbocycles. The molecule has 0 aromatic rings. The number of ether oxygens (including phenoxy) is 14. The summed E-state index contributed by atoms with van der Waals surface area (Å²) in [7, 11) is 10.1. The van der Waals surface area contributed by atoms with Crippen molar-refractivity contribution in [3.8, 4) is 30.3 Å². The van der Waals surface area contributed by atoms with Gasteiger partial charge in [-0.3, -0.25) is 0 Å². The molecule has 0 aromatic heterocycles. The summed E-state index contributed by atoms with van der Waals surface area (Å²) < 4.78 is 71.4. The van der Waals surface area contributed by atoms with Crippen molar-refractivity contribution >= 4 is 29.8 Å². The van der Waals surface area contributed by atoms with Crippen LogP contribution in [0.25, 0.3) is 0 Å². The maximum Gasteiger partial charge on any atom is 0.349 e. The number of esters is 5. The van der Waals surface area contributed by atoms with Gasteiger partial charge in [0.05, 0.1) is 46.2 Å². The minimum absolute atomic E-state index is 0.117. The van der Waals surface area contributed by atoms with Crippen molar-refractivity contribution in [2.24, 2.45) is 5.92 Å². The Hall–Kier alpha value is -8.16. The molecular formula is C91H137N5O19. The first-order valence-electron chi connectivity index (χ1n) is 41.6. The van der Waals surface area contributed by atoms with Crippen molar-refractivity contribution in [1.29, 1.82) is 26.3 Å². The highest BCUT2D eigenvalue weighted by Gasteiger charge is 2.24. The minimum Gasteiger partial charge on any atom is -0.462 e. The van der Waals surface area contributed by atoms with Crippen LogP contribution in [0.15, 0.2) is 114 Å². The lowest BCUT2D eigenvalue weighted by atomic mass is 9.90. The molecule has 24 nitrogen and oxygen atoms in total. The van der Waals surface area contributed by atoms with E-state index < -0.39 is 29.8 Å². The number of methoxy groups -OCH3 is 6. The van der Waals surface area contributed by atoms with Gasteiger partial charge in [-0.2, -0.15) is 26.3 Å². The Labute approximate surface area is 688 Å². The van der Waals surface area contributed by atoms with Crippen LogP contribution < -0.4 is 0 Å². The molecule has 0 saturated heterocycles. The first-order valence-corrected chi connectivity index (χ1v) is 41.6. The normalized spacial score (nSPS) is 16.5. The average Bonchev–Trinajstić information content (AvgIpc) is 0.877. The number of rotatable bonds is 49. The molecule has 24 heteroatoms. The molecule has 5 aliphatic rings. The van der Waals surface area contributed by atoms with Crippen LogP contribution in [-0.2, 0) is 90.3 Å². The molecule has 0 amide bonds. The van der Waals surface area contributed by atoms with Crippen LogP contribution in [0.4, 0.5) is 0 Å². The number of unbranched alkanes of at least 4 members (excludes halogenated alkanes) is 6. The summed E-state index contributed by atoms with van der Waals surface area (Å²) in [6.45, 7) is 17.9. The SMILES string of the molecule is CCCCOCCOC(=O)/C(C#N)=C1\C=C(CCCCOC)CCC1.CCOC(=O)/C(C#N)=C1\C=C(CCCCOC)CCC1.CCOCCOC(=O)/C(C#N)=C1\C=C(CCCCOC)CCC1.COCCCCC1=C/C(=C(/C#N)C(=O)OCC(C)C)CCC1.COCCCCC1=C/C(=C(/C#N)C(=O)OCCOCCOC)CCC1. The summed E-state index contributed by atoms with van der Waals surface area (Å²) in [6.07, 6.45) is 41.5. The largest absolute Gasteiger partial charge is 0.462 e. The number of carbonyl (C=O) groups excluding carboxylic acids is 5. The molecule has 0 bridgehead atoms. The third-order valence-corrected chi connectivity index (χ3v) is 18.8. The van der Waals surface area contributed by atoms with Crippen LogP contribution in [0.5, 0.6) is 0 Å². The average molecular weight is 1610 g/mol. The molecule has 115 heavy (non-hydrogen) atoms. The van der Waals surface area contributed by atoms with E-state index in [1.54, 1.807) is 49.6 Å². The Kier molecular flexibility index (Phi) is 64.9. The number of nitriles is 5. The molecule has 0 atom stereocenters. The van der Waals surface area contributed by atoms with Gasteiger partial charge in [-0.25, -0.2) is 24.0 Å². The van der Waals surface area contributed by atoms with E-state index in [9.17, 15) is 45.0 Å². The summed E-state index contributed by atoms with van der Waals surface area (Å²) in [6, 6.07) is 10.1. The lowest BCUT2D eigenvalue weighted by Crippen LogP contribution is -2.15. The quantitative estimate of drug-likeness (QED) is 0.0179. The molecule has 0 aliphatic heterocycles. The van der Waals surface area contributed by atoms with Gasteiger partial charge in [-0.15, -0.1) is 0 Å². The number of nitrogens with zero attached hydrogens (tertiary/aromatic N) is 5. The van der Waals surface area contributed by atoms with Crippen LogP contribution in [0.3, 0.4) is 0 Å². The van der Waals surface area contributed by atoms with Crippen molar-refractivity contribution < 1.29 is 90.3 Å². The Balaban J connectivity index is 0.000000720. The van der Waals surface area contributed by atoms with Crippen LogP contribution in [0.1, 0.15) is 240 Å². The van der Waals surface area contributed by atoms with Gasteiger partial charge in [0, 0.05) is 88.9 Å². The van der Waals surface area contributed by atoms with E-state index in [0.29, 0.717) is 59.5 Å². The zero-order chi connectivity index (χ0) is 84.7. The van der Waals surface area contributed by atoms with Crippen LogP contribution in [-0.4, -0.2) is 185 Å². The molecule has 640 valence electrons. The molecule has 0 unspecified atom stereocenters. The number of hydrogen-bond acceptors (Lipinski definition) is 24. The predicted molar refractivity (Wildman–Crippen MR) is 442 cm³/mol. The second kappa shape index (κ2) is 71.2. The lowest BCUT2D eigenvalue weighted by molar-refractivity contribution is -0.141. The van der Waals surface area contributed by atoms with Crippen LogP contribution in [0, 0.1) is 62.6 Å². The van der Waals surface area contributed by atoms with Gasteiger partial charge in [-0.1, -0.05) is 85.4 Å². The molecule has 0 heterocycles. The van der Waals surface area contributed by atoms with E-state index in [0.717, 1.165) is 266 Å². The third-order valence-electron chi connectivity index (χ3n) is 18.8. The minimum atomic E-state index is -0.565. The smallest absolute Gasteiger partial charge is 0.349 e. The number of carbonyl (C=O) groups is 5. The van der Waals surface area contributed by atoms with Crippen molar-refractivity contribution in [3.05, 3.63) is 114 Å². The second-order valence-corrected chi connectivity index (χ2v) is 28.5. The monoisotopic (exact) mass is 1600 g/mol. The second-order valence-electron chi connectivity index (χ2n) is 28.5. The number of hydrogen-bond donors (Lipinski definition) is 0. The molecule has 0 radical (unpaired) electrons. The Morgan fingerprint density at radius 2 is 0.548 bits per heavy atom. The fourth-order valence-corrected chi connectivity index (χ4v) is 12.7. The van der Waals surface area contributed by atoms with Crippen molar-refractivity contribution in [2.75, 3.05) is 155 Å². The van der Waals surface area contributed by atoms with E-state index in [4.69, 9.17) is 71.6 Å². The van der Waals surface area contributed by atoms with Gasteiger partial charge in [-0.05, 0) is 247 Å². The van der Waals surface area contributed by atoms with E-state index in [1.165, 1.54) is 27.9 Å². The van der Waals surface area contributed by atoms with Gasteiger partial charge in [0.15, 0.2) is 0 Å². The molecule has 0 fully saturated rings. The van der Waals surface area contributed by atoms with Gasteiger partial charge in [0.25, 0.3) is 0 Å². The summed E-state index contributed by atoms with van der Waals surface area (Å²) >= 11 is 0. The molecule has 5 rings (SSSR count).